The van der Waals surface area contributed by atoms with E-state index < -0.39 is 0 Å². The number of hydrogen-bond donors (Lipinski definition) is 0. The molecule has 0 bridgehead atoms. The van der Waals surface area contributed by atoms with Crippen LogP contribution >= 0.6 is 0 Å². The number of hydrogen-bond acceptors (Lipinski definition) is 4. The highest BCUT2D eigenvalue weighted by Crippen LogP contribution is 2.22. The number of nitrogens with zero attached hydrogens (tertiary/aromatic N) is 5. The summed E-state index contributed by atoms with van der Waals surface area (Å²) in [4.78, 5) is 26.6. The molecule has 0 radical (unpaired) electrons. The number of anilines is 1. The first-order valence-electron chi connectivity index (χ1n) is 10.4. The average Bonchev–Trinajstić information content (AvgIpc) is 3.34. The second-order valence-electron chi connectivity index (χ2n) is 8.04. The Balaban J connectivity index is 1.43. The first-order chi connectivity index (χ1) is 15.0. The van der Waals surface area contributed by atoms with Gasteiger partial charge in [-0.1, -0.05) is 24.3 Å². The van der Waals surface area contributed by atoms with Gasteiger partial charge in [-0.15, -0.1) is 5.10 Å². The van der Waals surface area contributed by atoms with Gasteiger partial charge in [-0.25, -0.2) is 9.48 Å². The van der Waals surface area contributed by atoms with Crippen LogP contribution in [0.2, 0.25) is 0 Å². The van der Waals surface area contributed by atoms with Gasteiger partial charge in [0.25, 0.3) is 0 Å². The van der Waals surface area contributed by atoms with Gasteiger partial charge in [0, 0.05) is 24.2 Å². The van der Waals surface area contributed by atoms with Gasteiger partial charge in [-0.2, -0.15) is 9.61 Å². The van der Waals surface area contributed by atoms with Crippen LogP contribution in [0.25, 0.3) is 16.9 Å². The molecule has 1 amide bonds. The normalized spacial score (nSPS) is 14.0. The first-order valence-corrected chi connectivity index (χ1v) is 10.4. The minimum Gasteiger partial charge on any atom is -0.312 e. The fraction of sp³-hybridized carbons (Fsp3) is 0.250. The number of aryl methyl sites for hydroxylation is 2. The lowest BCUT2D eigenvalue weighted by atomic mass is 10.0. The van der Waals surface area contributed by atoms with Crippen molar-refractivity contribution in [2.24, 2.45) is 0 Å². The van der Waals surface area contributed by atoms with Crippen molar-refractivity contribution in [2.75, 3.05) is 11.4 Å². The van der Waals surface area contributed by atoms with Crippen LogP contribution in [0, 0.1) is 13.8 Å². The maximum atomic E-state index is 12.9. The van der Waals surface area contributed by atoms with E-state index in [-0.39, 0.29) is 11.6 Å². The van der Waals surface area contributed by atoms with E-state index in [0.717, 1.165) is 35.5 Å². The molecule has 4 aromatic rings. The van der Waals surface area contributed by atoms with Gasteiger partial charge in [-0.05, 0) is 67.3 Å². The summed E-state index contributed by atoms with van der Waals surface area (Å²) in [5.74, 6) is 0.162. The van der Waals surface area contributed by atoms with Gasteiger partial charge >= 0.3 is 5.69 Å². The van der Waals surface area contributed by atoms with Crippen molar-refractivity contribution in [1.29, 1.82) is 0 Å². The van der Waals surface area contributed by atoms with Crippen molar-refractivity contribution in [3.05, 3.63) is 81.8 Å². The molecule has 1 fully saturated rings. The lowest BCUT2D eigenvalue weighted by molar-refractivity contribution is -0.117. The number of aromatic nitrogens is 4. The summed E-state index contributed by atoms with van der Waals surface area (Å²) in [6, 6.07) is 17.6. The van der Waals surface area contributed by atoms with Crippen LogP contribution in [-0.2, 0) is 11.3 Å². The van der Waals surface area contributed by atoms with Crippen LogP contribution in [0.5, 0.6) is 0 Å². The number of amides is 1. The van der Waals surface area contributed by atoms with Crippen LogP contribution in [-0.4, -0.2) is 31.8 Å². The van der Waals surface area contributed by atoms with Crippen molar-refractivity contribution >= 4 is 17.2 Å². The molecular weight excluding hydrogens is 390 g/mol. The summed E-state index contributed by atoms with van der Waals surface area (Å²) in [5, 5.41) is 8.96. The van der Waals surface area contributed by atoms with E-state index in [9.17, 15) is 9.59 Å². The summed E-state index contributed by atoms with van der Waals surface area (Å²) < 4.78 is 2.77. The van der Waals surface area contributed by atoms with Gasteiger partial charge in [0.2, 0.25) is 5.91 Å². The van der Waals surface area contributed by atoms with E-state index in [1.54, 1.807) is 4.90 Å². The predicted octanol–water partition coefficient (Wildman–Crippen LogP) is 3.35. The zero-order valence-corrected chi connectivity index (χ0v) is 17.6. The molecule has 0 unspecified atom stereocenters. The maximum Gasteiger partial charge on any atom is 0.367 e. The highest BCUT2D eigenvalue weighted by Gasteiger charge is 2.21. The summed E-state index contributed by atoms with van der Waals surface area (Å²) in [6.45, 7) is 5.24. The highest BCUT2D eigenvalue weighted by molar-refractivity contribution is 5.95. The van der Waals surface area contributed by atoms with Gasteiger partial charge in [0.15, 0.2) is 5.65 Å². The molecule has 7 heteroatoms. The fourth-order valence-electron chi connectivity index (χ4n) is 3.94. The summed E-state index contributed by atoms with van der Waals surface area (Å²) >= 11 is 0. The Labute approximate surface area is 179 Å². The molecular formula is C24H23N5O2. The third-order valence-corrected chi connectivity index (χ3v) is 5.90. The smallest absolute Gasteiger partial charge is 0.312 e. The molecule has 1 aliphatic rings. The molecule has 2 aromatic heterocycles. The molecule has 7 nitrogen and oxygen atoms in total. The Kier molecular flexibility index (Phi) is 4.66. The molecule has 5 rings (SSSR count). The second-order valence-corrected chi connectivity index (χ2v) is 8.04. The highest BCUT2D eigenvalue weighted by atomic mass is 16.2. The number of carbonyl (C=O) groups excluding carboxylic acids is 1. The Morgan fingerprint density at radius 2 is 1.71 bits per heavy atom. The minimum atomic E-state index is -0.278. The summed E-state index contributed by atoms with van der Waals surface area (Å²) in [6.07, 6.45) is 1.50. The van der Waals surface area contributed by atoms with E-state index in [1.807, 2.05) is 42.5 Å². The van der Waals surface area contributed by atoms with E-state index >= 15 is 0 Å². The van der Waals surface area contributed by atoms with E-state index in [4.69, 9.17) is 0 Å². The van der Waals surface area contributed by atoms with E-state index in [1.165, 1.54) is 20.3 Å². The average molecular weight is 413 g/mol. The monoisotopic (exact) mass is 413 g/mol. The Bertz CT molecular complexity index is 1350. The number of rotatable bonds is 4. The third-order valence-electron chi connectivity index (χ3n) is 5.90. The largest absolute Gasteiger partial charge is 0.367 e. The first kappa shape index (κ1) is 19.2. The number of fused-ring (bicyclic) bond motifs is 1. The minimum absolute atomic E-state index is 0.162. The molecule has 3 heterocycles. The summed E-state index contributed by atoms with van der Waals surface area (Å²) in [7, 11) is 0. The maximum absolute atomic E-state index is 12.9. The molecule has 0 atom stereocenters. The molecule has 0 spiro atoms. The molecule has 0 aliphatic carbocycles. The van der Waals surface area contributed by atoms with Crippen LogP contribution < -0.4 is 10.6 Å². The van der Waals surface area contributed by atoms with Crippen LogP contribution in [0.15, 0.2) is 59.4 Å². The Morgan fingerprint density at radius 3 is 2.42 bits per heavy atom. The number of carbonyl (C=O) groups is 1. The molecule has 156 valence electrons. The SMILES string of the molecule is Cc1ccc(-c2ccc3nn(Cc4ccc(N5CCCC5=O)cc4)c(=O)n3n2)cc1C. The molecule has 0 saturated carbocycles. The standard InChI is InChI=1S/C24H23N5O2/c1-16-5-8-19(14-17(16)2)21-11-12-22-26-28(24(31)29(22)25-21)15-18-6-9-20(10-7-18)27-13-3-4-23(27)30/h5-12,14H,3-4,13,15H2,1-2H3. The van der Waals surface area contributed by atoms with Crippen LogP contribution in [0.4, 0.5) is 5.69 Å². The van der Waals surface area contributed by atoms with E-state index in [2.05, 4.69) is 36.2 Å². The molecule has 1 aliphatic heterocycles. The molecule has 31 heavy (non-hydrogen) atoms. The van der Waals surface area contributed by atoms with Crippen LogP contribution in [0.1, 0.15) is 29.5 Å². The van der Waals surface area contributed by atoms with Gasteiger partial charge in [-0.3, -0.25) is 4.79 Å². The zero-order chi connectivity index (χ0) is 21.5. The fourth-order valence-corrected chi connectivity index (χ4v) is 3.94. The Hall–Kier alpha value is -3.74. The lowest BCUT2D eigenvalue weighted by Crippen LogP contribution is -2.24. The predicted molar refractivity (Wildman–Crippen MR) is 119 cm³/mol. The quantitative estimate of drug-likeness (QED) is 0.514. The van der Waals surface area contributed by atoms with Crippen LogP contribution in [0.3, 0.4) is 0 Å². The van der Waals surface area contributed by atoms with Crippen molar-refractivity contribution in [3.63, 3.8) is 0 Å². The van der Waals surface area contributed by atoms with Gasteiger partial charge in [0.1, 0.15) is 0 Å². The van der Waals surface area contributed by atoms with E-state index in [0.29, 0.717) is 18.6 Å². The van der Waals surface area contributed by atoms with Gasteiger partial charge in [0.05, 0.1) is 12.2 Å². The second kappa shape index (κ2) is 7.50. The third kappa shape index (κ3) is 3.52. The topological polar surface area (TPSA) is 72.5 Å². The van der Waals surface area contributed by atoms with Crippen molar-refractivity contribution in [3.8, 4) is 11.3 Å². The zero-order valence-electron chi connectivity index (χ0n) is 17.6. The molecule has 2 aromatic carbocycles. The molecule has 0 N–H and O–H groups in total. The lowest BCUT2D eigenvalue weighted by Gasteiger charge is -2.15. The number of benzene rings is 2. The Morgan fingerprint density at radius 1 is 0.903 bits per heavy atom. The van der Waals surface area contributed by atoms with Gasteiger partial charge < -0.3 is 4.90 Å². The van der Waals surface area contributed by atoms with Crippen molar-refractivity contribution < 1.29 is 4.79 Å². The molecule has 1 saturated heterocycles. The van der Waals surface area contributed by atoms with Crippen molar-refractivity contribution in [2.45, 2.75) is 33.2 Å². The summed E-state index contributed by atoms with van der Waals surface area (Å²) in [5.41, 5.74) is 6.17. The van der Waals surface area contributed by atoms with Crippen molar-refractivity contribution in [1.82, 2.24) is 19.4 Å².